The molecule has 1 aliphatic carbocycles. The van der Waals surface area contributed by atoms with Crippen LogP contribution in [0.2, 0.25) is 0 Å². The molecule has 0 fully saturated rings. The van der Waals surface area contributed by atoms with Crippen LogP contribution in [0.5, 0.6) is 0 Å². The minimum absolute atomic E-state index is 0.321. The zero-order valence-corrected chi connectivity index (χ0v) is 13.1. The summed E-state index contributed by atoms with van der Waals surface area (Å²) in [6, 6.07) is 16.5. The van der Waals surface area contributed by atoms with Crippen LogP contribution in [0.4, 0.5) is 0 Å². The van der Waals surface area contributed by atoms with E-state index in [4.69, 9.17) is 4.98 Å². The monoisotopic (exact) mass is 289 g/mol. The highest BCUT2D eigenvalue weighted by molar-refractivity contribution is 5.89. The van der Waals surface area contributed by atoms with Crippen molar-refractivity contribution < 1.29 is 5.11 Å². The molecule has 22 heavy (non-hydrogen) atoms. The maximum atomic E-state index is 11.0. The summed E-state index contributed by atoms with van der Waals surface area (Å²) in [5.41, 5.74) is 6.01. The third-order valence-electron chi connectivity index (χ3n) is 5.03. The van der Waals surface area contributed by atoms with Gasteiger partial charge in [-0.25, -0.2) is 4.98 Å². The van der Waals surface area contributed by atoms with Crippen molar-refractivity contribution in [3.63, 3.8) is 0 Å². The molecule has 110 valence electrons. The Balaban J connectivity index is 2.17. The van der Waals surface area contributed by atoms with Gasteiger partial charge in [-0.3, -0.25) is 0 Å². The number of fused-ring (bicyclic) bond motifs is 4. The van der Waals surface area contributed by atoms with Crippen molar-refractivity contribution in [1.82, 2.24) is 4.98 Å². The number of hydrogen-bond donors (Lipinski definition) is 1. The number of rotatable bonds is 0. The Morgan fingerprint density at radius 3 is 2.50 bits per heavy atom. The maximum Gasteiger partial charge on any atom is 0.0905 e. The standard InChI is InChI=1S/C20H19NO/c1-12-13-8-5-7-11-16(13)21-18-14-9-4-6-10-15(14)20(2,3)19(22)17(12)18/h4-11,19,22H,1-3H3. The predicted octanol–water partition coefficient (Wildman–Crippen LogP) is 4.53. The summed E-state index contributed by atoms with van der Waals surface area (Å²) in [6.45, 7) is 6.30. The fourth-order valence-electron chi connectivity index (χ4n) is 3.69. The van der Waals surface area contributed by atoms with Crippen LogP contribution in [0, 0.1) is 6.92 Å². The smallest absolute Gasteiger partial charge is 0.0905 e. The topological polar surface area (TPSA) is 33.1 Å². The fraction of sp³-hybridized carbons (Fsp3) is 0.250. The molecule has 0 bridgehead atoms. The summed E-state index contributed by atoms with van der Waals surface area (Å²) in [5.74, 6) is 0. The molecular weight excluding hydrogens is 270 g/mol. The number of nitrogens with zero attached hydrogens (tertiary/aromatic N) is 1. The van der Waals surface area contributed by atoms with E-state index in [9.17, 15) is 5.11 Å². The Morgan fingerprint density at radius 1 is 1.00 bits per heavy atom. The molecule has 2 aromatic carbocycles. The normalized spacial score (nSPS) is 18.8. The highest BCUT2D eigenvalue weighted by Crippen LogP contribution is 2.50. The number of pyridine rings is 1. The van der Waals surface area contributed by atoms with E-state index in [0.717, 1.165) is 38.9 Å². The highest BCUT2D eigenvalue weighted by Gasteiger charge is 2.40. The first kappa shape index (κ1) is 13.5. The van der Waals surface area contributed by atoms with Gasteiger partial charge in [0, 0.05) is 21.9 Å². The molecule has 1 atom stereocenters. The van der Waals surface area contributed by atoms with Gasteiger partial charge < -0.3 is 5.11 Å². The minimum Gasteiger partial charge on any atom is -0.387 e. The number of aryl methyl sites for hydroxylation is 1. The van der Waals surface area contributed by atoms with Gasteiger partial charge in [-0.2, -0.15) is 0 Å². The molecule has 3 aromatic rings. The third-order valence-corrected chi connectivity index (χ3v) is 5.03. The van der Waals surface area contributed by atoms with Crippen LogP contribution < -0.4 is 0 Å². The molecule has 0 spiro atoms. The van der Waals surface area contributed by atoms with Gasteiger partial charge in [0.1, 0.15) is 0 Å². The van der Waals surface area contributed by atoms with E-state index < -0.39 is 6.10 Å². The molecule has 0 saturated heterocycles. The van der Waals surface area contributed by atoms with E-state index in [1.54, 1.807) is 0 Å². The van der Waals surface area contributed by atoms with Crippen LogP contribution in [0.1, 0.15) is 36.6 Å². The average molecular weight is 289 g/mol. The van der Waals surface area contributed by atoms with Gasteiger partial charge in [0.25, 0.3) is 0 Å². The van der Waals surface area contributed by atoms with Crippen LogP contribution in [0.3, 0.4) is 0 Å². The lowest BCUT2D eigenvalue weighted by Gasteiger charge is -2.39. The summed E-state index contributed by atoms with van der Waals surface area (Å²) in [4.78, 5) is 4.87. The first-order valence-corrected chi connectivity index (χ1v) is 7.69. The Bertz CT molecular complexity index is 895. The SMILES string of the molecule is Cc1c2c(nc3ccccc13)-c1ccccc1C(C)(C)C2O. The van der Waals surface area contributed by atoms with Crippen molar-refractivity contribution in [3.05, 3.63) is 65.2 Å². The summed E-state index contributed by atoms with van der Waals surface area (Å²) < 4.78 is 0. The Morgan fingerprint density at radius 2 is 1.68 bits per heavy atom. The summed E-state index contributed by atoms with van der Waals surface area (Å²) in [6.07, 6.45) is -0.547. The predicted molar refractivity (Wildman–Crippen MR) is 89.9 cm³/mol. The first-order chi connectivity index (χ1) is 10.5. The lowest BCUT2D eigenvalue weighted by atomic mass is 9.68. The van der Waals surface area contributed by atoms with Crippen LogP contribution >= 0.6 is 0 Å². The van der Waals surface area contributed by atoms with Crippen molar-refractivity contribution in [2.75, 3.05) is 0 Å². The van der Waals surface area contributed by atoms with Gasteiger partial charge >= 0.3 is 0 Å². The molecule has 1 heterocycles. The van der Waals surface area contributed by atoms with E-state index in [2.05, 4.69) is 39.0 Å². The number of aromatic nitrogens is 1. The van der Waals surface area contributed by atoms with E-state index in [1.807, 2.05) is 30.3 Å². The first-order valence-electron chi connectivity index (χ1n) is 7.69. The second-order valence-electron chi connectivity index (χ2n) is 6.69. The number of para-hydroxylation sites is 1. The summed E-state index contributed by atoms with van der Waals surface area (Å²) in [7, 11) is 0. The largest absolute Gasteiger partial charge is 0.387 e. The van der Waals surface area contributed by atoms with Crippen LogP contribution in [0.15, 0.2) is 48.5 Å². The van der Waals surface area contributed by atoms with Crippen molar-refractivity contribution in [2.24, 2.45) is 0 Å². The second kappa shape index (κ2) is 4.40. The van der Waals surface area contributed by atoms with Crippen molar-refractivity contribution in [1.29, 1.82) is 0 Å². The van der Waals surface area contributed by atoms with Crippen LogP contribution in [0.25, 0.3) is 22.2 Å². The number of benzene rings is 2. The quantitative estimate of drug-likeness (QED) is 0.659. The second-order valence-corrected chi connectivity index (χ2v) is 6.69. The molecular formula is C20H19NO. The Hall–Kier alpha value is -2.19. The zero-order valence-electron chi connectivity index (χ0n) is 13.1. The van der Waals surface area contributed by atoms with Crippen LogP contribution in [-0.4, -0.2) is 10.1 Å². The molecule has 1 aromatic heterocycles. The molecule has 0 saturated carbocycles. The summed E-state index contributed by atoms with van der Waals surface area (Å²) >= 11 is 0. The molecule has 1 N–H and O–H groups in total. The molecule has 2 heteroatoms. The van der Waals surface area contributed by atoms with Gasteiger partial charge in [-0.05, 0) is 24.1 Å². The van der Waals surface area contributed by atoms with Gasteiger partial charge in [-0.15, -0.1) is 0 Å². The third kappa shape index (κ3) is 1.62. The molecule has 0 radical (unpaired) electrons. The Kier molecular flexibility index (Phi) is 2.70. The zero-order chi connectivity index (χ0) is 15.5. The Labute approximate surface area is 130 Å². The number of hydrogen-bond acceptors (Lipinski definition) is 2. The molecule has 0 amide bonds. The fourth-order valence-corrected chi connectivity index (χ4v) is 3.69. The molecule has 1 unspecified atom stereocenters. The van der Waals surface area contributed by atoms with Gasteiger partial charge in [0.15, 0.2) is 0 Å². The van der Waals surface area contributed by atoms with Gasteiger partial charge in [0.2, 0.25) is 0 Å². The van der Waals surface area contributed by atoms with Gasteiger partial charge in [-0.1, -0.05) is 56.3 Å². The van der Waals surface area contributed by atoms with E-state index in [1.165, 1.54) is 0 Å². The van der Waals surface area contributed by atoms with Gasteiger partial charge in [0.05, 0.1) is 17.3 Å². The molecule has 1 aliphatic rings. The number of aliphatic hydroxyl groups excluding tert-OH is 1. The van der Waals surface area contributed by atoms with E-state index >= 15 is 0 Å². The lowest BCUT2D eigenvalue weighted by Crippen LogP contribution is -2.32. The van der Waals surface area contributed by atoms with Crippen molar-refractivity contribution in [3.8, 4) is 11.3 Å². The minimum atomic E-state index is -0.547. The van der Waals surface area contributed by atoms with E-state index in [0.29, 0.717) is 0 Å². The number of aliphatic hydroxyl groups is 1. The van der Waals surface area contributed by atoms with Crippen LogP contribution in [-0.2, 0) is 5.41 Å². The lowest BCUT2D eigenvalue weighted by molar-refractivity contribution is 0.0977. The molecule has 2 nitrogen and oxygen atoms in total. The maximum absolute atomic E-state index is 11.0. The molecule has 0 aliphatic heterocycles. The van der Waals surface area contributed by atoms with Crippen molar-refractivity contribution in [2.45, 2.75) is 32.3 Å². The van der Waals surface area contributed by atoms with Crippen molar-refractivity contribution >= 4 is 10.9 Å². The van der Waals surface area contributed by atoms with E-state index in [-0.39, 0.29) is 5.41 Å². The average Bonchev–Trinajstić information content (AvgIpc) is 2.53. The summed E-state index contributed by atoms with van der Waals surface area (Å²) in [5, 5.41) is 12.2. The highest BCUT2D eigenvalue weighted by atomic mass is 16.3. The molecule has 4 rings (SSSR count).